The Morgan fingerprint density at radius 3 is 2.60 bits per heavy atom. The Hall–Kier alpha value is -3.64. The maximum atomic E-state index is 12.2. The Morgan fingerprint density at radius 2 is 1.91 bits per heavy atom. The molecule has 0 saturated carbocycles. The Labute approximate surface area is 254 Å². The molecule has 2 atom stereocenters. The lowest BCUT2D eigenvalue weighted by atomic mass is 9.75. The molecular formula is C32H42N6O4S. The van der Waals surface area contributed by atoms with Crippen LogP contribution in [0, 0.1) is 13.8 Å². The number of rotatable bonds is 8. The monoisotopic (exact) mass is 606 g/mol. The minimum atomic E-state index is -3.32. The Kier molecular flexibility index (Phi) is 8.45. The SMILES string of the molecule is CCC1CN(Cc2cc([C@@H](c3ccc4c(nnn4CC)c3C)C(C)(C)NC(N)=O)ccc2C)S(O)(O)c2ccccc2O1. The highest BCUT2D eigenvalue weighted by Gasteiger charge is 2.37. The minimum absolute atomic E-state index is 0.198. The Bertz CT molecular complexity index is 1650. The molecule has 43 heavy (non-hydrogen) atoms. The molecule has 5 N–H and O–H groups in total. The van der Waals surface area contributed by atoms with Crippen LogP contribution in [0.25, 0.3) is 11.0 Å². The van der Waals surface area contributed by atoms with Gasteiger partial charge in [-0.05, 0) is 87.1 Å². The first-order chi connectivity index (χ1) is 20.4. The van der Waals surface area contributed by atoms with E-state index in [9.17, 15) is 13.9 Å². The Balaban J connectivity index is 1.61. The molecule has 1 aliphatic heterocycles. The molecule has 1 unspecified atom stereocenters. The van der Waals surface area contributed by atoms with Crippen molar-refractivity contribution in [1.82, 2.24) is 24.6 Å². The quantitative estimate of drug-likeness (QED) is 0.183. The van der Waals surface area contributed by atoms with Crippen LogP contribution in [-0.2, 0) is 13.1 Å². The molecule has 0 fully saturated rings. The maximum absolute atomic E-state index is 12.2. The number of aromatic nitrogens is 3. The van der Waals surface area contributed by atoms with Crippen LogP contribution < -0.4 is 15.8 Å². The number of nitrogens with one attached hydrogen (secondary N) is 1. The van der Waals surface area contributed by atoms with Crippen LogP contribution in [-0.4, -0.2) is 52.6 Å². The van der Waals surface area contributed by atoms with Crippen molar-refractivity contribution in [3.05, 3.63) is 82.4 Å². The molecule has 0 spiro atoms. The third-order valence-corrected chi connectivity index (χ3v) is 10.4. The average molecular weight is 607 g/mol. The van der Waals surface area contributed by atoms with E-state index in [1.165, 1.54) is 0 Å². The molecule has 230 valence electrons. The van der Waals surface area contributed by atoms with Gasteiger partial charge in [-0.1, -0.05) is 48.5 Å². The van der Waals surface area contributed by atoms with E-state index in [4.69, 9.17) is 10.5 Å². The number of carbonyl (C=O) groups is 1. The van der Waals surface area contributed by atoms with E-state index < -0.39 is 22.3 Å². The first-order valence-corrected chi connectivity index (χ1v) is 16.2. The molecule has 0 saturated heterocycles. The zero-order chi connectivity index (χ0) is 31.1. The van der Waals surface area contributed by atoms with Gasteiger partial charge in [-0.2, -0.15) is 4.31 Å². The molecule has 11 heteroatoms. The summed E-state index contributed by atoms with van der Waals surface area (Å²) < 4.78 is 33.0. The number of aryl methyl sites for hydroxylation is 3. The fourth-order valence-electron chi connectivity index (χ4n) is 6.16. The number of benzene rings is 3. The van der Waals surface area contributed by atoms with Crippen molar-refractivity contribution < 1.29 is 18.6 Å². The summed E-state index contributed by atoms with van der Waals surface area (Å²) in [4.78, 5) is 12.6. The number of urea groups is 1. The van der Waals surface area contributed by atoms with E-state index in [0.717, 1.165) is 45.3 Å². The summed E-state index contributed by atoms with van der Waals surface area (Å²) >= 11 is 0. The molecule has 10 nitrogen and oxygen atoms in total. The molecule has 2 amide bonds. The number of primary amides is 1. The lowest BCUT2D eigenvalue weighted by Crippen LogP contribution is -2.50. The molecule has 4 aromatic rings. The summed E-state index contributed by atoms with van der Waals surface area (Å²) in [6.45, 7) is 13.4. The number of nitrogens with zero attached hydrogens (tertiary/aromatic N) is 4. The second kappa shape index (κ2) is 11.8. The number of hydrogen-bond donors (Lipinski definition) is 4. The van der Waals surface area contributed by atoms with E-state index in [1.54, 1.807) is 22.5 Å². The molecule has 3 aromatic carbocycles. The summed E-state index contributed by atoms with van der Waals surface area (Å²) in [5, 5.41) is 11.7. The largest absolute Gasteiger partial charge is 0.487 e. The Morgan fingerprint density at radius 1 is 1.16 bits per heavy atom. The van der Waals surface area contributed by atoms with Gasteiger partial charge in [0.25, 0.3) is 0 Å². The molecule has 0 radical (unpaired) electrons. The zero-order valence-corrected chi connectivity index (χ0v) is 26.5. The van der Waals surface area contributed by atoms with Gasteiger partial charge < -0.3 is 15.8 Å². The number of ether oxygens (including phenoxy) is 1. The van der Waals surface area contributed by atoms with E-state index in [0.29, 0.717) is 30.3 Å². The van der Waals surface area contributed by atoms with E-state index in [1.807, 2.05) is 64.4 Å². The fraction of sp³-hybridized carbons (Fsp3) is 0.406. The van der Waals surface area contributed by atoms with E-state index in [2.05, 4.69) is 33.8 Å². The van der Waals surface area contributed by atoms with Gasteiger partial charge in [0, 0.05) is 24.5 Å². The zero-order valence-electron chi connectivity index (χ0n) is 25.7. The van der Waals surface area contributed by atoms with Crippen LogP contribution in [0.2, 0.25) is 0 Å². The van der Waals surface area contributed by atoms with Gasteiger partial charge in [-0.3, -0.25) is 9.11 Å². The number of para-hydroxylation sites is 1. The number of fused-ring (bicyclic) bond motifs is 2. The predicted octanol–water partition coefficient (Wildman–Crippen LogP) is 6.34. The second-order valence-corrected chi connectivity index (χ2v) is 13.8. The van der Waals surface area contributed by atoms with Gasteiger partial charge in [0.2, 0.25) is 0 Å². The number of hydrogen-bond acceptors (Lipinski definition) is 7. The first-order valence-electron chi connectivity index (χ1n) is 14.7. The van der Waals surface area contributed by atoms with Gasteiger partial charge in [0.1, 0.15) is 22.3 Å². The number of carbonyl (C=O) groups excluding carboxylic acids is 1. The van der Waals surface area contributed by atoms with Gasteiger partial charge >= 0.3 is 6.03 Å². The van der Waals surface area contributed by atoms with Crippen LogP contribution in [0.3, 0.4) is 0 Å². The van der Waals surface area contributed by atoms with E-state index >= 15 is 0 Å². The topological polar surface area (TPSA) is 139 Å². The summed E-state index contributed by atoms with van der Waals surface area (Å²) in [5.41, 5.74) is 11.5. The van der Waals surface area contributed by atoms with Crippen LogP contribution in [0.1, 0.15) is 67.9 Å². The molecule has 1 aromatic heterocycles. The molecular weight excluding hydrogens is 564 g/mol. The van der Waals surface area contributed by atoms with Crippen molar-refractivity contribution in [2.75, 3.05) is 6.54 Å². The van der Waals surface area contributed by atoms with Crippen molar-refractivity contribution in [1.29, 1.82) is 0 Å². The molecule has 0 aliphatic carbocycles. The van der Waals surface area contributed by atoms with Crippen LogP contribution in [0.5, 0.6) is 5.75 Å². The molecule has 0 bridgehead atoms. The molecule has 5 rings (SSSR count). The standard InChI is InChI=1S/C32H42N6O4S/c1-7-24-19-37(43(40,41)28-12-10-9-11-27(28)42-24)18-23-17-22(14-13-20(23)3)29(32(5,6)34-31(33)39)25-15-16-26-30(21(25)4)35-36-38(26)8-2/h9-17,24,29,40-41H,7-8,18-19H2,1-6H3,(H3,33,34,39)/t24?,29-/m0/s1. The van der Waals surface area contributed by atoms with Crippen molar-refractivity contribution in [2.24, 2.45) is 5.73 Å². The van der Waals surface area contributed by atoms with Gasteiger partial charge in [0.05, 0.1) is 12.1 Å². The van der Waals surface area contributed by atoms with Gasteiger partial charge in [-0.15, -0.1) is 15.9 Å². The number of amides is 2. The van der Waals surface area contributed by atoms with Crippen LogP contribution in [0.4, 0.5) is 4.79 Å². The van der Waals surface area contributed by atoms with Gasteiger partial charge in [0.15, 0.2) is 0 Å². The second-order valence-electron chi connectivity index (χ2n) is 11.8. The average Bonchev–Trinajstić information content (AvgIpc) is 3.34. The van der Waals surface area contributed by atoms with Crippen molar-refractivity contribution in [3.8, 4) is 5.75 Å². The summed E-state index contributed by atoms with van der Waals surface area (Å²) in [6, 6.07) is 16.9. The van der Waals surface area contributed by atoms with E-state index in [-0.39, 0.29) is 12.0 Å². The fourth-order valence-corrected chi connectivity index (χ4v) is 7.78. The smallest absolute Gasteiger partial charge is 0.312 e. The highest BCUT2D eigenvalue weighted by molar-refractivity contribution is 8.22. The lowest BCUT2D eigenvalue weighted by Gasteiger charge is -2.42. The normalized spacial score (nSPS) is 18.4. The van der Waals surface area contributed by atoms with Gasteiger partial charge in [-0.25, -0.2) is 9.48 Å². The molecule has 2 heterocycles. The highest BCUT2D eigenvalue weighted by atomic mass is 32.3. The first kappa shape index (κ1) is 30.8. The van der Waals surface area contributed by atoms with Crippen LogP contribution in [0.15, 0.2) is 59.5 Å². The number of nitrogens with two attached hydrogens (primary N) is 1. The van der Waals surface area contributed by atoms with Crippen molar-refractivity contribution in [3.63, 3.8) is 0 Å². The summed E-state index contributed by atoms with van der Waals surface area (Å²) in [7, 11) is -3.32. The third-order valence-electron chi connectivity index (χ3n) is 8.47. The highest BCUT2D eigenvalue weighted by Crippen LogP contribution is 2.57. The maximum Gasteiger partial charge on any atom is 0.312 e. The minimum Gasteiger partial charge on any atom is -0.487 e. The lowest BCUT2D eigenvalue weighted by molar-refractivity contribution is 0.165. The summed E-state index contributed by atoms with van der Waals surface area (Å²) in [6.07, 6.45) is 0.523. The van der Waals surface area contributed by atoms with Crippen LogP contribution >= 0.6 is 10.8 Å². The third kappa shape index (κ3) is 5.82. The van der Waals surface area contributed by atoms with Crippen molar-refractivity contribution in [2.45, 2.75) is 83.5 Å². The molecule has 1 aliphatic rings. The predicted molar refractivity (Wildman–Crippen MR) is 170 cm³/mol. The summed E-state index contributed by atoms with van der Waals surface area (Å²) in [5.74, 6) is 0.208. The van der Waals surface area contributed by atoms with Crippen molar-refractivity contribution >= 4 is 27.8 Å².